The molecule has 14 heteroatoms. The van der Waals surface area contributed by atoms with Crippen molar-refractivity contribution >= 4 is 17.9 Å². The molecule has 2 aromatic heterocycles. The van der Waals surface area contributed by atoms with E-state index in [1.54, 1.807) is 54.6 Å². The first-order valence-corrected chi connectivity index (χ1v) is 12.2. The van der Waals surface area contributed by atoms with Crippen LogP contribution >= 0.6 is 11.6 Å². The van der Waals surface area contributed by atoms with Crippen LogP contribution < -0.4 is 0 Å². The Hall–Kier alpha value is -4.52. The highest BCUT2D eigenvalue weighted by molar-refractivity contribution is 6.31. The molecule has 0 aliphatic heterocycles. The predicted molar refractivity (Wildman–Crippen MR) is 136 cm³/mol. The predicted octanol–water partition coefficient (Wildman–Crippen LogP) is 6.80. The van der Waals surface area contributed by atoms with Crippen LogP contribution in [0.5, 0.6) is 0 Å². The molecule has 0 spiro atoms. The number of benzene rings is 3. The first kappa shape index (κ1) is 28.0. The molecule has 0 amide bonds. The lowest BCUT2D eigenvalue weighted by molar-refractivity contribution is -0.143. The Morgan fingerprint density at radius 2 is 1.41 bits per heavy atom. The van der Waals surface area contributed by atoms with Crippen molar-refractivity contribution in [2.75, 3.05) is 0 Å². The minimum absolute atomic E-state index is 0.0545. The van der Waals surface area contributed by atoms with E-state index >= 15 is 0 Å². The molecule has 0 unspecified atom stereocenters. The molecule has 41 heavy (non-hydrogen) atoms. The topological polar surface area (TPSA) is 78.5 Å². The molecular formula is C27H17ClF6N6O. The summed E-state index contributed by atoms with van der Waals surface area (Å²) in [5, 5.41) is 16.7. The summed E-state index contributed by atoms with van der Waals surface area (Å²) in [7, 11) is 0. The Labute approximate surface area is 233 Å². The highest BCUT2D eigenvalue weighted by Gasteiger charge is 2.37. The average molecular weight is 591 g/mol. The molecule has 0 fully saturated rings. The Morgan fingerprint density at radius 3 is 2.02 bits per heavy atom. The van der Waals surface area contributed by atoms with Crippen LogP contribution in [-0.4, -0.2) is 36.0 Å². The van der Waals surface area contributed by atoms with Gasteiger partial charge in [0, 0.05) is 10.6 Å². The number of aromatic nitrogens is 6. The maximum atomic E-state index is 13.5. The fourth-order valence-electron chi connectivity index (χ4n) is 4.27. The SMILES string of the molecule is O=Cc1nnc(-c2nnn(Cc3cc(C(F)(F)F)cc(C(F)(F)F)c3)c2-c2ccccc2)n1Cc1ccccc1Cl. The zero-order valence-corrected chi connectivity index (χ0v) is 21.4. The van der Waals surface area contributed by atoms with Crippen LogP contribution in [0.15, 0.2) is 72.8 Å². The Kier molecular flexibility index (Phi) is 7.39. The lowest BCUT2D eigenvalue weighted by Crippen LogP contribution is -2.13. The fraction of sp³-hybridized carbons (Fsp3) is 0.148. The van der Waals surface area contributed by atoms with E-state index in [0.717, 1.165) is 0 Å². The zero-order chi connectivity index (χ0) is 29.4. The van der Waals surface area contributed by atoms with E-state index in [1.165, 1.54) is 9.25 Å². The van der Waals surface area contributed by atoms with Gasteiger partial charge in [-0.05, 0) is 35.4 Å². The van der Waals surface area contributed by atoms with Gasteiger partial charge < -0.3 is 0 Å². The molecule has 3 aromatic carbocycles. The largest absolute Gasteiger partial charge is 0.416 e. The molecule has 0 bridgehead atoms. The van der Waals surface area contributed by atoms with Gasteiger partial charge in [0.2, 0.25) is 0 Å². The second-order valence-electron chi connectivity index (χ2n) is 8.90. The zero-order valence-electron chi connectivity index (χ0n) is 20.7. The van der Waals surface area contributed by atoms with Crippen LogP contribution in [0.1, 0.15) is 32.9 Å². The van der Waals surface area contributed by atoms with Crippen LogP contribution in [0.3, 0.4) is 0 Å². The van der Waals surface area contributed by atoms with Gasteiger partial charge in [0.1, 0.15) is 5.69 Å². The van der Waals surface area contributed by atoms with Crippen LogP contribution in [0, 0.1) is 0 Å². The minimum atomic E-state index is -5.01. The van der Waals surface area contributed by atoms with Crippen molar-refractivity contribution in [3.05, 3.63) is 106 Å². The molecule has 0 saturated carbocycles. The first-order valence-electron chi connectivity index (χ1n) is 11.8. The summed E-state index contributed by atoms with van der Waals surface area (Å²) in [4.78, 5) is 11.8. The number of aldehydes is 1. The van der Waals surface area contributed by atoms with Crippen molar-refractivity contribution in [1.82, 2.24) is 29.8 Å². The summed E-state index contributed by atoms with van der Waals surface area (Å²) in [6.45, 7) is -0.414. The monoisotopic (exact) mass is 590 g/mol. The average Bonchev–Trinajstić information content (AvgIpc) is 3.52. The summed E-state index contributed by atoms with van der Waals surface area (Å²) >= 11 is 6.31. The van der Waals surface area contributed by atoms with Crippen molar-refractivity contribution in [2.24, 2.45) is 0 Å². The molecule has 2 heterocycles. The third-order valence-electron chi connectivity index (χ3n) is 6.15. The summed E-state index contributed by atoms with van der Waals surface area (Å²) in [5.41, 5.74) is -1.72. The Balaban J connectivity index is 1.66. The van der Waals surface area contributed by atoms with Gasteiger partial charge in [-0.2, -0.15) is 26.3 Å². The molecule has 0 aliphatic rings. The van der Waals surface area contributed by atoms with Crippen molar-refractivity contribution in [2.45, 2.75) is 25.4 Å². The molecule has 5 rings (SSSR count). The molecule has 0 N–H and O–H groups in total. The molecule has 210 valence electrons. The quantitative estimate of drug-likeness (QED) is 0.154. The number of alkyl halides is 6. The maximum absolute atomic E-state index is 13.5. The van der Waals surface area contributed by atoms with Crippen molar-refractivity contribution < 1.29 is 31.1 Å². The number of carbonyl (C=O) groups excluding carboxylic acids is 1. The van der Waals surface area contributed by atoms with Gasteiger partial charge in [-0.25, -0.2) is 4.68 Å². The number of nitrogens with zero attached hydrogens (tertiary/aromatic N) is 6. The van der Waals surface area contributed by atoms with Crippen molar-refractivity contribution in [1.29, 1.82) is 0 Å². The van der Waals surface area contributed by atoms with Crippen LogP contribution in [0.25, 0.3) is 22.8 Å². The van der Waals surface area contributed by atoms with Gasteiger partial charge >= 0.3 is 12.4 Å². The van der Waals surface area contributed by atoms with Crippen LogP contribution in [0.4, 0.5) is 26.3 Å². The summed E-state index contributed by atoms with van der Waals surface area (Å²) in [5.74, 6) is 0.0401. The highest BCUT2D eigenvalue weighted by Crippen LogP contribution is 2.37. The second kappa shape index (κ2) is 10.8. The van der Waals surface area contributed by atoms with Gasteiger partial charge in [0.05, 0.1) is 24.2 Å². The van der Waals surface area contributed by atoms with Crippen LogP contribution in [-0.2, 0) is 25.4 Å². The summed E-state index contributed by atoms with van der Waals surface area (Å²) in [6, 6.07) is 16.7. The lowest BCUT2D eigenvalue weighted by Gasteiger charge is -2.15. The molecule has 0 saturated heterocycles. The van der Waals surface area contributed by atoms with E-state index in [-0.39, 0.29) is 41.2 Å². The van der Waals surface area contributed by atoms with Crippen molar-refractivity contribution in [3.63, 3.8) is 0 Å². The molecule has 0 aliphatic carbocycles. The standard InChI is InChI=1S/C27H17ClF6N6O/c28-21-9-5-4-8-18(21)14-39-22(15-41)35-37-25(39)23-24(17-6-2-1-3-7-17)40(38-36-23)13-16-10-19(26(29,30)31)12-20(11-16)27(32,33)34/h1-12,15H,13-14H2. The van der Waals surface area contributed by atoms with Gasteiger partial charge in [-0.3, -0.25) is 9.36 Å². The Morgan fingerprint density at radius 1 is 0.780 bits per heavy atom. The molecule has 7 nitrogen and oxygen atoms in total. The van der Waals surface area contributed by atoms with E-state index in [9.17, 15) is 31.1 Å². The first-order chi connectivity index (χ1) is 19.5. The second-order valence-corrected chi connectivity index (χ2v) is 9.31. The normalized spacial score (nSPS) is 12.1. The maximum Gasteiger partial charge on any atom is 0.416 e. The minimum Gasteiger partial charge on any atom is -0.299 e. The third-order valence-corrected chi connectivity index (χ3v) is 6.51. The van der Waals surface area contributed by atoms with E-state index in [4.69, 9.17) is 11.6 Å². The summed E-state index contributed by atoms with van der Waals surface area (Å²) in [6.07, 6.45) is -9.53. The molecule has 0 atom stereocenters. The van der Waals surface area contributed by atoms with E-state index in [1.807, 2.05) is 0 Å². The third kappa shape index (κ3) is 5.85. The van der Waals surface area contributed by atoms with E-state index < -0.39 is 30.0 Å². The number of rotatable bonds is 7. The number of halogens is 7. The van der Waals surface area contributed by atoms with Crippen LogP contribution in [0.2, 0.25) is 5.02 Å². The highest BCUT2D eigenvalue weighted by atomic mass is 35.5. The number of hydrogen-bond donors (Lipinski definition) is 0. The smallest absolute Gasteiger partial charge is 0.299 e. The number of carbonyl (C=O) groups is 1. The van der Waals surface area contributed by atoms with Gasteiger partial charge in [0.15, 0.2) is 23.6 Å². The Bertz CT molecular complexity index is 1680. The van der Waals surface area contributed by atoms with Gasteiger partial charge in [-0.1, -0.05) is 65.3 Å². The molecule has 5 aromatic rings. The fourth-order valence-corrected chi connectivity index (χ4v) is 4.47. The summed E-state index contributed by atoms with van der Waals surface area (Å²) < 4.78 is 83.5. The van der Waals surface area contributed by atoms with E-state index in [2.05, 4.69) is 20.5 Å². The lowest BCUT2D eigenvalue weighted by atomic mass is 10.0. The van der Waals surface area contributed by atoms with E-state index in [0.29, 0.717) is 34.6 Å². The molecule has 0 radical (unpaired) electrons. The van der Waals surface area contributed by atoms with Crippen molar-refractivity contribution in [3.8, 4) is 22.8 Å². The van der Waals surface area contributed by atoms with Gasteiger partial charge in [-0.15, -0.1) is 15.3 Å². The number of hydrogen-bond acceptors (Lipinski definition) is 5. The van der Waals surface area contributed by atoms with Gasteiger partial charge in [0.25, 0.3) is 0 Å². The molecular weight excluding hydrogens is 574 g/mol.